The lowest BCUT2D eigenvalue weighted by Gasteiger charge is -2.47. The van der Waals surface area contributed by atoms with Crippen LogP contribution in [0.2, 0.25) is 0 Å². The van der Waals surface area contributed by atoms with Gasteiger partial charge >= 0.3 is 0 Å². The summed E-state index contributed by atoms with van der Waals surface area (Å²) in [6.07, 6.45) is 9.84. The predicted molar refractivity (Wildman–Crippen MR) is 621 cm³/mol. The molecule has 2 aromatic heterocycles. The van der Waals surface area contributed by atoms with E-state index in [2.05, 4.69) is 490 Å². The third-order valence-corrected chi connectivity index (χ3v) is 41.1. The molecule has 143 heavy (non-hydrogen) atoms. The topological polar surface area (TPSA) is 19.4 Å². The average Bonchev–Trinajstić information content (AvgIpc) is 1.63. The van der Waals surface area contributed by atoms with Gasteiger partial charge in [0.1, 0.15) is 0 Å². The smallest absolute Gasteiger partial charge is 0.264 e. The highest BCUT2D eigenvalue weighted by Crippen LogP contribution is 2.65. The highest BCUT2D eigenvalue weighted by atomic mass is 32.2. The first-order valence-corrected chi connectivity index (χ1v) is 56.0. The monoisotopic (exact) mass is 1930 g/mol. The van der Waals surface area contributed by atoms with Crippen molar-refractivity contribution >= 4 is 182 Å². The van der Waals surface area contributed by atoms with Gasteiger partial charge in [0.15, 0.2) is 0 Å². The minimum atomic E-state index is -0.406. The molecule has 0 fully saturated rings. The summed E-state index contributed by atoms with van der Waals surface area (Å²) in [5, 5.41) is 0. The highest BCUT2D eigenvalue weighted by Gasteiger charge is 2.57. The van der Waals surface area contributed by atoms with Gasteiger partial charge in [0.2, 0.25) is 0 Å². The lowest BCUT2D eigenvalue weighted by molar-refractivity contribution is 0.332. The molecule has 6 aliphatic heterocycles. The first-order valence-electron chi connectivity index (χ1n) is 53.6. The number of hydrogen-bond donors (Lipinski definition) is 0. The van der Waals surface area contributed by atoms with Crippen LogP contribution >= 0.6 is 34.4 Å². The molecule has 0 unspecified atom stereocenters. The first-order chi connectivity index (χ1) is 67.2. The fourth-order valence-electron chi connectivity index (χ4n) is 27.5. The molecule has 0 saturated carbocycles. The maximum atomic E-state index is 2.86. The van der Waals surface area contributed by atoms with Gasteiger partial charge in [0.05, 0.1) is 45.5 Å². The number of thiophene rings is 2. The van der Waals surface area contributed by atoms with Crippen LogP contribution in [0.4, 0.5) is 102 Å². The van der Waals surface area contributed by atoms with Gasteiger partial charge in [-0.3, -0.25) is 0 Å². The van der Waals surface area contributed by atoms with E-state index in [0.29, 0.717) is 0 Å². The quantitative estimate of drug-likeness (QED) is 0.132. The molecule has 0 saturated heterocycles. The lowest BCUT2D eigenvalue weighted by atomic mass is 9.35. The lowest BCUT2D eigenvalue weighted by Crippen LogP contribution is -2.61. The Kier molecular flexibility index (Phi) is 20.6. The molecule has 6 nitrogen and oxygen atoms in total. The van der Waals surface area contributed by atoms with Crippen molar-refractivity contribution in [3.8, 4) is 0 Å². The van der Waals surface area contributed by atoms with Crippen LogP contribution in [0.25, 0.3) is 0 Å². The van der Waals surface area contributed by atoms with E-state index in [0.717, 1.165) is 74.8 Å². The molecule has 0 bridgehead atoms. The van der Waals surface area contributed by atoms with E-state index in [1.807, 2.05) is 11.8 Å². The first kappa shape index (κ1) is 94.6. The molecule has 0 radical (unpaired) electrons. The molecule has 0 atom stereocenters. The Labute approximate surface area is 868 Å². The van der Waals surface area contributed by atoms with Gasteiger partial charge in [-0.2, -0.15) is 22.7 Å². The Morgan fingerprint density at radius 2 is 0.636 bits per heavy atom. The van der Waals surface area contributed by atoms with E-state index in [1.165, 1.54) is 204 Å². The predicted octanol–water partition coefficient (Wildman–Crippen LogP) is 34.1. The highest BCUT2D eigenvalue weighted by molar-refractivity contribution is 7.99. The van der Waals surface area contributed by atoms with E-state index in [1.54, 1.807) is 9.75 Å². The Morgan fingerprint density at radius 1 is 0.280 bits per heavy atom. The summed E-state index contributed by atoms with van der Waals surface area (Å²) in [7, 11) is 0. The van der Waals surface area contributed by atoms with Crippen LogP contribution in [0, 0.1) is 6.92 Å². The third kappa shape index (κ3) is 14.3. The van der Waals surface area contributed by atoms with Crippen molar-refractivity contribution in [3.63, 3.8) is 0 Å². The summed E-state index contributed by atoms with van der Waals surface area (Å²) in [5.74, 6) is 0. The summed E-state index contributed by atoms with van der Waals surface area (Å²) in [6, 6.07) is 94.2. The molecule has 24 rings (SSSR count). The van der Waals surface area contributed by atoms with Gasteiger partial charge in [0.25, 0.3) is 13.4 Å². The van der Waals surface area contributed by atoms with E-state index in [-0.39, 0.29) is 78.4 Å². The van der Waals surface area contributed by atoms with Crippen molar-refractivity contribution in [2.45, 2.75) is 346 Å². The molecule has 0 amide bonds. The maximum absolute atomic E-state index is 2.86. The largest absolute Gasteiger partial charge is 0.311 e. The molecule has 12 aromatic carbocycles. The molecule has 10 aliphatic rings. The Morgan fingerprint density at radius 3 is 1.08 bits per heavy atom. The summed E-state index contributed by atoms with van der Waals surface area (Å²) >= 11 is 6.29. The molecule has 728 valence electrons. The zero-order valence-electron chi connectivity index (χ0n) is 90.9. The van der Waals surface area contributed by atoms with Gasteiger partial charge in [-0.05, 0) is 339 Å². The number of aryl methyl sites for hydroxylation is 1. The standard InChI is InChI=1S/C132H146B2N6S3/c1-78-37-35-44-107-112(78)140(89-75-104-111-106(76-89)139(87-56-58-91-95(72-87)126(17,18)64-62-124(91,13)14)113-108-116(129(23,24)67-65-127(108,19)20)142-118(113)133(111)96-69-82(122(8,9)10)49-59-100(96)135(104)84-51-45-80(46-52-84)120(2,3)4)102-43-36-38-79(115(102)141-107)77-131(27,28)83-50-60-101-97(70-83)134-110-103(136(101)85-53-47-81(48-54-85)121(5,6)7)73-88(137-98-41-33-31-39-92(98)132(29,30)93-40-32-34-42-99(93)137)74-105(110)138(86-55-57-90-94(71-86)125(15,16)63-61-123(90,11)12)114-109-117(143-119(114)134)130(25,26)68-66-128(109,21)22/h31-60,69-76H,61-68,77H2,1-30H3. The summed E-state index contributed by atoms with van der Waals surface area (Å²) in [4.78, 5) is 22.2. The van der Waals surface area contributed by atoms with E-state index < -0.39 is 5.41 Å². The summed E-state index contributed by atoms with van der Waals surface area (Å²) < 4.78 is 2.94. The zero-order chi connectivity index (χ0) is 101. The van der Waals surface area contributed by atoms with Crippen LogP contribution in [-0.2, 0) is 76.8 Å². The van der Waals surface area contributed by atoms with E-state index >= 15 is 0 Å². The number of fused-ring (bicyclic) bond motifs is 18. The zero-order valence-corrected chi connectivity index (χ0v) is 93.3. The fourth-order valence-corrected chi connectivity index (χ4v) is 32.2. The van der Waals surface area contributed by atoms with Crippen LogP contribution in [-0.4, -0.2) is 13.4 Å². The van der Waals surface area contributed by atoms with Gasteiger partial charge < -0.3 is 29.4 Å². The van der Waals surface area contributed by atoms with Crippen molar-refractivity contribution in [1.29, 1.82) is 0 Å². The second-order valence-corrected chi connectivity index (χ2v) is 57.3. The molecule has 0 spiro atoms. The van der Waals surface area contributed by atoms with Crippen LogP contribution in [0.1, 0.15) is 340 Å². The molecular weight excluding hydrogens is 1790 g/mol. The fraction of sp³-hybridized carbons (Fsp3) is 0.394. The molecule has 4 aliphatic carbocycles. The SMILES string of the molecule is Cc1cccc2c1N(c1cc3c4c(c1)N(c1ccc5c(c1)C(C)(C)CCC5(C)C)c1c(sc5c1C(C)(C)CCC5(C)C)B4c1cc(C(C)(C)C)ccc1N3c1ccc(C(C)(C)C)cc1)c1cccc(CC(C)(C)c3ccc4c(c3)B3c5sc6c(c5N(c5ccc7c(c5)C(C)(C)CCC7(C)C)c5cc(N7c8ccccc8C(C)(C)c8ccccc87)cc(c53)N4c3ccc(C(C)(C)C)cc3)C(C)(C)CCC6(C)C)c1S2. The Bertz CT molecular complexity index is 7670. The van der Waals surface area contributed by atoms with Gasteiger partial charge in [-0.15, -0.1) is 0 Å². The molecule has 0 N–H and O–H groups in total. The number of anilines is 18. The molecule has 8 heterocycles. The van der Waals surface area contributed by atoms with Gasteiger partial charge in [-0.1, -0.05) is 334 Å². The molecular formula is C132H146B2N6S3. The average molecular weight is 1930 g/mol. The molecule has 11 heteroatoms. The van der Waals surface area contributed by atoms with Crippen molar-refractivity contribution in [3.05, 3.63) is 318 Å². The number of nitrogens with zero attached hydrogens (tertiary/aromatic N) is 6. The number of para-hydroxylation sites is 3. The summed E-state index contributed by atoms with van der Waals surface area (Å²) in [6.45, 7) is 74.2. The minimum Gasteiger partial charge on any atom is -0.311 e. The van der Waals surface area contributed by atoms with Crippen molar-refractivity contribution in [2.24, 2.45) is 0 Å². The Hall–Kier alpha value is -10.7. The van der Waals surface area contributed by atoms with Crippen LogP contribution in [0.15, 0.2) is 240 Å². The van der Waals surface area contributed by atoms with E-state index in [9.17, 15) is 0 Å². The minimum absolute atomic E-state index is 0.0321. The normalized spacial score (nSPS) is 19.1. The van der Waals surface area contributed by atoms with Gasteiger partial charge in [-0.25, -0.2) is 0 Å². The third-order valence-electron chi connectivity index (χ3n) is 36.6. The van der Waals surface area contributed by atoms with Crippen LogP contribution < -0.4 is 60.8 Å². The second-order valence-electron chi connectivity index (χ2n) is 54.1. The summed E-state index contributed by atoms with van der Waals surface area (Å²) in [5.41, 5.74) is 46.2. The van der Waals surface area contributed by atoms with Crippen LogP contribution in [0.5, 0.6) is 0 Å². The Balaban J connectivity index is 0.731. The van der Waals surface area contributed by atoms with Crippen LogP contribution in [0.3, 0.4) is 0 Å². The second kappa shape index (κ2) is 31.2. The van der Waals surface area contributed by atoms with E-state index in [4.69, 9.17) is 0 Å². The molecule has 14 aromatic rings. The van der Waals surface area contributed by atoms with Crippen molar-refractivity contribution in [1.82, 2.24) is 0 Å². The number of hydrogen-bond acceptors (Lipinski definition) is 9. The number of benzene rings is 12. The maximum Gasteiger partial charge on any atom is 0.264 e. The van der Waals surface area contributed by atoms with Crippen molar-refractivity contribution in [2.75, 3.05) is 29.4 Å². The van der Waals surface area contributed by atoms with Gasteiger partial charge in [0, 0.05) is 91.4 Å². The van der Waals surface area contributed by atoms with Crippen molar-refractivity contribution < 1.29 is 0 Å². The number of rotatable bonds is 9.